The Bertz CT molecular complexity index is 201. The van der Waals surface area contributed by atoms with Gasteiger partial charge in [0.05, 0.1) is 12.7 Å². The maximum atomic E-state index is 8.62. The highest BCUT2D eigenvalue weighted by Crippen LogP contribution is 2.07. The van der Waals surface area contributed by atoms with Crippen molar-refractivity contribution in [2.24, 2.45) is 0 Å². The van der Waals surface area contributed by atoms with Crippen molar-refractivity contribution in [2.75, 3.05) is 33.4 Å². The summed E-state index contributed by atoms with van der Waals surface area (Å²) in [7, 11) is 1.73. The fraction of sp³-hybridized carbons (Fsp3) is 0.933. The van der Waals surface area contributed by atoms with E-state index in [0.29, 0.717) is 6.42 Å². The fourth-order valence-corrected chi connectivity index (χ4v) is 2.06. The van der Waals surface area contributed by atoms with E-state index in [1.54, 1.807) is 7.11 Å². The highest BCUT2D eigenvalue weighted by Gasteiger charge is 2.03. The second-order valence-corrected chi connectivity index (χ2v) is 4.86. The van der Waals surface area contributed by atoms with Crippen molar-refractivity contribution in [3.05, 3.63) is 0 Å². The molecule has 0 heterocycles. The lowest BCUT2D eigenvalue weighted by Crippen LogP contribution is -2.29. The molecule has 3 heteroatoms. The molecule has 106 valence electrons. The minimum absolute atomic E-state index is 0.625. The number of rotatable bonds is 13. The Morgan fingerprint density at radius 3 is 2.22 bits per heavy atom. The molecule has 3 nitrogen and oxygen atoms in total. The molecule has 0 radical (unpaired) electrons. The van der Waals surface area contributed by atoms with Gasteiger partial charge < -0.3 is 9.64 Å². The van der Waals surface area contributed by atoms with Crippen LogP contribution in [0.1, 0.15) is 58.3 Å². The lowest BCUT2D eigenvalue weighted by Gasteiger charge is -2.20. The summed E-state index contributed by atoms with van der Waals surface area (Å²) in [6.45, 7) is 5.97. The normalized spacial score (nSPS) is 10.8. The smallest absolute Gasteiger partial charge is 0.0635 e. The molecule has 0 N–H and O–H groups in total. The molecule has 18 heavy (non-hydrogen) atoms. The third-order valence-corrected chi connectivity index (χ3v) is 3.23. The van der Waals surface area contributed by atoms with Crippen LogP contribution in [0.3, 0.4) is 0 Å². The van der Waals surface area contributed by atoms with Gasteiger partial charge in [-0.25, -0.2) is 0 Å². The van der Waals surface area contributed by atoms with E-state index < -0.39 is 0 Å². The van der Waals surface area contributed by atoms with Gasteiger partial charge in [-0.1, -0.05) is 45.4 Å². The molecule has 0 saturated carbocycles. The molecule has 0 aliphatic heterocycles. The molecule has 0 amide bonds. The van der Waals surface area contributed by atoms with Crippen LogP contribution >= 0.6 is 0 Å². The van der Waals surface area contributed by atoms with Gasteiger partial charge in [-0.15, -0.1) is 0 Å². The number of nitriles is 1. The second-order valence-electron chi connectivity index (χ2n) is 4.86. The average molecular weight is 254 g/mol. The van der Waals surface area contributed by atoms with Crippen LogP contribution in [0.4, 0.5) is 0 Å². The van der Waals surface area contributed by atoms with Crippen LogP contribution in [-0.4, -0.2) is 38.3 Å². The number of methoxy groups -OCH3 is 1. The number of ether oxygens (including phenoxy) is 1. The third kappa shape index (κ3) is 11.9. The first-order valence-electron chi connectivity index (χ1n) is 7.43. The molecule has 0 bridgehead atoms. The van der Waals surface area contributed by atoms with Crippen molar-refractivity contribution < 1.29 is 4.74 Å². The molecule has 0 saturated heterocycles. The van der Waals surface area contributed by atoms with E-state index in [1.165, 1.54) is 44.9 Å². The van der Waals surface area contributed by atoms with Gasteiger partial charge in [-0.2, -0.15) is 5.26 Å². The quantitative estimate of drug-likeness (QED) is 0.471. The maximum Gasteiger partial charge on any atom is 0.0635 e. The van der Waals surface area contributed by atoms with Gasteiger partial charge in [0.25, 0.3) is 0 Å². The van der Waals surface area contributed by atoms with Crippen LogP contribution in [0.2, 0.25) is 0 Å². The predicted octanol–water partition coefficient (Wildman–Crippen LogP) is 3.60. The Labute approximate surface area is 113 Å². The van der Waals surface area contributed by atoms with Crippen molar-refractivity contribution in [1.29, 1.82) is 5.26 Å². The van der Waals surface area contributed by atoms with E-state index in [4.69, 9.17) is 10.00 Å². The number of hydrogen-bond acceptors (Lipinski definition) is 3. The first-order chi connectivity index (χ1) is 8.85. The average Bonchev–Trinajstić information content (AvgIpc) is 2.40. The topological polar surface area (TPSA) is 36.3 Å². The van der Waals surface area contributed by atoms with Crippen LogP contribution in [0.15, 0.2) is 0 Å². The van der Waals surface area contributed by atoms with Gasteiger partial charge in [0.1, 0.15) is 0 Å². The third-order valence-electron chi connectivity index (χ3n) is 3.23. The molecule has 0 aromatic rings. The molecule has 0 aromatic carbocycles. The van der Waals surface area contributed by atoms with E-state index in [9.17, 15) is 0 Å². The van der Waals surface area contributed by atoms with Gasteiger partial charge in [-0.3, -0.25) is 0 Å². The number of nitrogens with zero attached hydrogens (tertiary/aromatic N) is 2. The molecule has 0 aliphatic rings. The molecule has 0 aliphatic carbocycles. The van der Waals surface area contributed by atoms with Crippen LogP contribution in [0, 0.1) is 11.3 Å². The molecular formula is C15H30N2O. The summed E-state index contributed by atoms with van der Waals surface area (Å²) in [6, 6.07) is 2.22. The number of hydrogen-bond donors (Lipinski definition) is 0. The van der Waals surface area contributed by atoms with E-state index in [2.05, 4.69) is 17.9 Å². The maximum absolute atomic E-state index is 8.62. The summed E-state index contributed by atoms with van der Waals surface area (Å²) in [5.41, 5.74) is 0. The summed E-state index contributed by atoms with van der Waals surface area (Å²) >= 11 is 0. The van der Waals surface area contributed by atoms with Crippen molar-refractivity contribution in [3.8, 4) is 6.07 Å². The van der Waals surface area contributed by atoms with E-state index >= 15 is 0 Å². The SMILES string of the molecule is CCCCCCCCCN(CCC#N)CCOC. The Hall–Kier alpha value is -0.590. The zero-order valence-electron chi connectivity index (χ0n) is 12.3. The van der Waals surface area contributed by atoms with Crippen LogP contribution in [-0.2, 0) is 4.74 Å². The summed E-state index contributed by atoms with van der Waals surface area (Å²) in [5, 5.41) is 8.62. The Morgan fingerprint density at radius 1 is 0.944 bits per heavy atom. The first-order valence-corrected chi connectivity index (χ1v) is 7.43. The van der Waals surface area contributed by atoms with Crippen LogP contribution < -0.4 is 0 Å². The van der Waals surface area contributed by atoms with Crippen molar-refractivity contribution in [2.45, 2.75) is 58.3 Å². The van der Waals surface area contributed by atoms with E-state index in [-0.39, 0.29) is 0 Å². The largest absolute Gasteiger partial charge is 0.383 e. The summed E-state index contributed by atoms with van der Waals surface area (Å²) in [4.78, 5) is 2.35. The van der Waals surface area contributed by atoms with Crippen molar-refractivity contribution >= 4 is 0 Å². The molecule has 0 atom stereocenters. The molecule has 0 fully saturated rings. The molecule has 0 unspecified atom stereocenters. The summed E-state index contributed by atoms with van der Waals surface area (Å²) in [5.74, 6) is 0. The molecule has 0 rings (SSSR count). The Kier molecular flexibility index (Phi) is 14.0. The zero-order valence-corrected chi connectivity index (χ0v) is 12.3. The standard InChI is InChI=1S/C15H30N2O/c1-3-4-5-6-7-8-9-12-17(13-10-11-16)14-15-18-2/h3-10,12-15H2,1-2H3. The van der Waals surface area contributed by atoms with Gasteiger partial charge in [0.2, 0.25) is 0 Å². The summed E-state index contributed by atoms with van der Waals surface area (Å²) in [6.07, 6.45) is 10.0. The first kappa shape index (κ1) is 17.4. The van der Waals surface area contributed by atoms with Crippen LogP contribution in [0.25, 0.3) is 0 Å². The predicted molar refractivity (Wildman–Crippen MR) is 76.5 cm³/mol. The lowest BCUT2D eigenvalue weighted by atomic mass is 10.1. The monoisotopic (exact) mass is 254 g/mol. The summed E-state index contributed by atoms with van der Waals surface area (Å²) < 4.78 is 5.10. The Morgan fingerprint density at radius 2 is 1.61 bits per heavy atom. The van der Waals surface area contributed by atoms with Gasteiger partial charge in [-0.05, 0) is 13.0 Å². The van der Waals surface area contributed by atoms with Crippen molar-refractivity contribution in [1.82, 2.24) is 4.90 Å². The Balaban J connectivity index is 3.46. The van der Waals surface area contributed by atoms with Gasteiger partial charge in [0, 0.05) is 26.6 Å². The highest BCUT2D eigenvalue weighted by atomic mass is 16.5. The number of unbranched alkanes of at least 4 members (excludes halogenated alkanes) is 6. The van der Waals surface area contributed by atoms with Crippen LogP contribution in [0.5, 0.6) is 0 Å². The molecular weight excluding hydrogens is 224 g/mol. The van der Waals surface area contributed by atoms with E-state index in [0.717, 1.165) is 26.2 Å². The van der Waals surface area contributed by atoms with Gasteiger partial charge >= 0.3 is 0 Å². The zero-order chi connectivity index (χ0) is 13.5. The highest BCUT2D eigenvalue weighted by molar-refractivity contribution is 4.72. The second kappa shape index (κ2) is 14.5. The minimum Gasteiger partial charge on any atom is -0.383 e. The van der Waals surface area contributed by atoms with Crippen molar-refractivity contribution in [3.63, 3.8) is 0 Å². The molecule has 0 spiro atoms. The minimum atomic E-state index is 0.625. The van der Waals surface area contributed by atoms with E-state index in [1.807, 2.05) is 0 Å². The lowest BCUT2D eigenvalue weighted by molar-refractivity contribution is 0.147. The fourth-order valence-electron chi connectivity index (χ4n) is 2.06. The molecule has 0 aromatic heterocycles. The van der Waals surface area contributed by atoms with Gasteiger partial charge in [0.15, 0.2) is 0 Å².